The Morgan fingerprint density at radius 3 is 2.79 bits per heavy atom. The van der Waals surface area contributed by atoms with Gasteiger partial charge in [-0.3, -0.25) is 0 Å². The highest BCUT2D eigenvalue weighted by atomic mass is 79.9. The summed E-state index contributed by atoms with van der Waals surface area (Å²) < 4.78 is 12.8. The number of hydrogen-bond acceptors (Lipinski definition) is 1. The van der Waals surface area contributed by atoms with Gasteiger partial charge in [0.1, 0.15) is 11.9 Å². The van der Waals surface area contributed by atoms with Gasteiger partial charge in [-0.05, 0) is 18.2 Å². The molecule has 70 valence electrons. The van der Waals surface area contributed by atoms with Gasteiger partial charge in [0.15, 0.2) is 0 Å². The first-order valence-corrected chi connectivity index (χ1v) is 5.14. The summed E-state index contributed by atoms with van der Waals surface area (Å²) in [4.78, 5) is 0. The molecule has 0 saturated heterocycles. The highest BCUT2D eigenvalue weighted by molar-refractivity contribution is 9.09. The van der Waals surface area contributed by atoms with Crippen molar-refractivity contribution in [1.29, 1.82) is 5.26 Å². The number of nitrogens with zero attached hydrogens (tertiary/aromatic N) is 1. The maximum Gasteiger partial charge on any atom is 0.124 e. The lowest BCUT2D eigenvalue weighted by atomic mass is 10.1. The molecular formula is C11H7BrFN. The summed E-state index contributed by atoms with van der Waals surface area (Å²) >= 11 is 3.23. The number of alkyl halides is 1. The molecule has 0 aromatic heterocycles. The zero-order valence-corrected chi connectivity index (χ0v) is 8.94. The minimum Gasteiger partial charge on any atom is -0.207 e. The van der Waals surface area contributed by atoms with Gasteiger partial charge >= 0.3 is 0 Å². The third kappa shape index (κ3) is 2.87. The first kappa shape index (κ1) is 10.8. The van der Waals surface area contributed by atoms with Crippen molar-refractivity contribution < 1.29 is 4.39 Å². The van der Waals surface area contributed by atoms with Crippen molar-refractivity contribution in [2.45, 2.75) is 6.42 Å². The molecule has 0 saturated carbocycles. The van der Waals surface area contributed by atoms with Crippen LogP contribution in [-0.4, -0.2) is 5.33 Å². The van der Waals surface area contributed by atoms with E-state index >= 15 is 0 Å². The molecule has 0 spiro atoms. The molecule has 0 bridgehead atoms. The van der Waals surface area contributed by atoms with E-state index in [2.05, 4.69) is 27.8 Å². The van der Waals surface area contributed by atoms with E-state index in [9.17, 15) is 4.39 Å². The summed E-state index contributed by atoms with van der Waals surface area (Å²) in [5.74, 6) is 5.23. The fourth-order valence-corrected chi connectivity index (χ4v) is 1.12. The first-order chi connectivity index (χ1) is 6.77. The predicted molar refractivity (Wildman–Crippen MR) is 56.4 cm³/mol. The third-order valence-electron chi connectivity index (χ3n) is 1.54. The van der Waals surface area contributed by atoms with Gasteiger partial charge in [0.05, 0.1) is 5.56 Å². The topological polar surface area (TPSA) is 23.8 Å². The van der Waals surface area contributed by atoms with Gasteiger partial charge in [-0.1, -0.05) is 27.8 Å². The molecule has 0 unspecified atom stereocenters. The van der Waals surface area contributed by atoms with Crippen molar-refractivity contribution in [3.63, 3.8) is 0 Å². The molecule has 0 aliphatic heterocycles. The van der Waals surface area contributed by atoms with Crippen LogP contribution in [0.25, 0.3) is 0 Å². The zero-order chi connectivity index (χ0) is 10.4. The van der Waals surface area contributed by atoms with E-state index in [1.165, 1.54) is 18.2 Å². The van der Waals surface area contributed by atoms with Crippen LogP contribution < -0.4 is 0 Å². The van der Waals surface area contributed by atoms with Crippen molar-refractivity contribution in [1.82, 2.24) is 0 Å². The zero-order valence-electron chi connectivity index (χ0n) is 7.35. The smallest absolute Gasteiger partial charge is 0.124 e. The summed E-state index contributed by atoms with van der Waals surface area (Å²) in [7, 11) is 0. The van der Waals surface area contributed by atoms with Gasteiger partial charge in [0.2, 0.25) is 0 Å². The Hall–Kier alpha value is -1.32. The third-order valence-corrected chi connectivity index (χ3v) is 1.94. The van der Waals surface area contributed by atoms with Gasteiger partial charge in [-0.2, -0.15) is 5.26 Å². The van der Waals surface area contributed by atoms with E-state index in [1.54, 1.807) is 0 Å². The summed E-state index contributed by atoms with van der Waals surface area (Å²) in [5.41, 5.74) is 0.863. The van der Waals surface area contributed by atoms with Crippen LogP contribution in [0.3, 0.4) is 0 Å². The molecule has 1 aromatic carbocycles. The van der Waals surface area contributed by atoms with Crippen molar-refractivity contribution >= 4 is 15.9 Å². The van der Waals surface area contributed by atoms with E-state index in [4.69, 9.17) is 5.26 Å². The van der Waals surface area contributed by atoms with Crippen LogP contribution in [0.1, 0.15) is 17.5 Å². The Kier molecular flexibility index (Phi) is 4.16. The maximum atomic E-state index is 12.8. The van der Waals surface area contributed by atoms with E-state index in [-0.39, 0.29) is 5.82 Å². The molecule has 1 nitrogen and oxygen atoms in total. The van der Waals surface area contributed by atoms with Crippen molar-refractivity contribution in [3.05, 3.63) is 35.1 Å². The van der Waals surface area contributed by atoms with E-state index in [0.717, 1.165) is 5.33 Å². The molecule has 1 rings (SSSR count). The fourth-order valence-electron chi connectivity index (χ4n) is 0.922. The number of halogens is 2. The van der Waals surface area contributed by atoms with Gasteiger partial charge in [0, 0.05) is 17.3 Å². The highest BCUT2D eigenvalue weighted by Crippen LogP contribution is 2.08. The lowest BCUT2D eigenvalue weighted by molar-refractivity contribution is 0.627. The molecule has 3 heteroatoms. The van der Waals surface area contributed by atoms with Crippen LogP contribution >= 0.6 is 15.9 Å². The molecule has 0 amide bonds. The molecule has 1 aromatic rings. The molecule has 0 aliphatic rings. The van der Waals surface area contributed by atoms with Crippen LogP contribution in [0.15, 0.2) is 18.2 Å². The predicted octanol–water partition coefficient (Wildman–Crippen LogP) is 2.83. The molecule has 0 heterocycles. The molecule has 0 aliphatic carbocycles. The lowest BCUT2D eigenvalue weighted by Gasteiger charge is -1.94. The Labute approximate surface area is 90.7 Å². The summed E-state index contributed by atoms with van der Waals surface area (Å²) in [6.45, 7) is 0. The van der Waals surface area contributed by atoms with Crippen molar-refractivity contribution in [2.75, 3.05) is 5.33 Å². The Bertz CT molecular complexity index is 423. The average Bonchev–Trinajstić information content (AvgIpc) is 2.19. The lowest BCUT2D eigenvalue weighted by Crippen LogP contribution is -1.85. The van der Waals surface area contributed by atoms with E-state index < -0.39 is 0 Å². The van der Waals surface area contributed by atoms with Crippen LogP contribution in [-0.2, 0) is 0 Å². The number of rotatable bonds is 1. The number of nitriles is 1. The largest absolute Gasteiger partial charge is 0.207 e. The van der Waals surface area contributed by atoms with Gasteiger partial charge < -0.3 is 0 Å². The fraction of sp³-hybridized carbons (Fsp3) is 0.182. The average molecular weight is 252 g/mol. The van der Waals surface area contributed by atoms with Crippen LogP contribution in [0.5, 0.6) is 0 Å². The second-order valence-corrected chi connectivity index (χ2v) is 3.34. The van der Waals surface area contributed by atoms with Gasteiger partial charge in [0.25, 0.3) is 0 Å². The highest BCUT2D eigenvalue weighted by Gasteiger charge is 1.99. The first-order valence-electron chi connectivity index (χ1n) is 4.02. The normalized spacial score (nSPS) is 8.64. The second kappa shape index (κ2) is 5.42. The summed E-state index contributed by atoms with van der Waals surface area (Å²) in [6, 6.07) is 5.94. The van der Waals surface area contributed by atoms with Gasteiger partial charge in [-0.15, -0.1) is 0 Å². The molecular weight excluding hydrogens is 245 g/mol. The monoisotopic (exact) mass is 251 g/mol. The Morgan fingerprint density at radius 1 is 1.36 bits per heavy atom. The Morgan fingerprint density at radius 2 is 2.14 bits per heavy atom. The SMILES string of the molecule is N#Cc1ccc(F)cc1C#CCCBr. The Balaban J connectivity index is 3.02. The quantitative estimate of drug-likeness (QED) is 0.557. The van der Waals surface area contributed by atoms with Crippen LogP contribution in [0, 0.1) is 29.0 Å². The minimum absolute atomic E-state index is 0.368. The molecule has 0 fully saturated rings. The second-order valence-electron chi connectivity index (χ2n) is 2.54. The van der Waals surface area contributed by atoms with Crippen LogP contribution in [0.2, 0.25) is 0 Å². The van der Waals surface area contributed by atoms with Crippen molar-refractivity contribution in [2.24, 2.45) is 0 Å². The maximum absolute atomic E-state index is 12.8. The summed E-state index contributed by atoms with van der Waals surface area (Å²) in [5, 5.41) is 9.49. The molecule has 0 N–H and O–H groups in total. The molecule has 0 radical (unpaired) electrons. The minimum atomic E-state index is -0.368. The van der Waals surface area contributed by atoms with Crippen LogP contribution in [0.4, 0.5) is 4.39 Å². The van der Waals surface area contributed by atoms with Crippen molar-refractivity contribution in [3.8, 4) is 17.9 Å². The molecule has 14 heavy (non-hydrogen) atoms. The van der Waals surface area contributed by atoms with E-state index in [1.807, 2.05) is 6.07 Å². The number of benzene rings is 1. The number of hydrogen-bond donors (Lipinski definition) is 0. The summed E-state index contributed by atoms with van der Waals surface area (Å²) in [6.07, 6.45) is 0.682. The standard InChI is InChI=1S/C11H7BrFN/c12-6-2-1-3-9-7-11(13)5-4-10(9)8-14/h4-5,7H,2,6H2. The molecule has 0 atom stereocenters. The van der Waals surface area contributed by atoms with E-state index in [0.29, 0.717) is 17.5 Å². The van der Waals surface area contributed by atoms with Gasteiger partial charge in [-0.25, -0.2) is 4.39 Å².